The molecule has 0 aromatic carbocycles. The Kier molecular flexibility index (Phi) is 38.9. The van der Waals surface area contributed by atoms with Crippen molar-refractivity contribution in [3.8, 4) is 0 Å². The van der Waals surface area contributed by atoms with Crippen LogP contribution in [0.3, 0.4) is 0 Å². The first-order valence-electron chi connectivity index (χ1n) is 7.02. The Balaban J connectivity index is -0.000000231. The van der Waals surface area contributed by atoms with E-state index >= 15 is 0 Å². The molecule has 8 nitrogen and oxygen atoms in total. The van der Waals surface area contributed by atoms with Crippen LogP contribution in [0.15, 0.2) is 0 Å². The fourth-order valence-corrected chi connectivity index (χ4v) is 0.773. The molecule has 0 fully saturated rings. The van der Waals surface area contributed by atoms with E-state index in [4.69, 9.17) is 30.3 Å². The van der Waals surface area contributed by atoms with Crippen molar-refractivity contribution >= 4 is 0 Å². The molecule has 0 aliphatic carbocycles. The summed E-state index contributed by atoms with van der Waals surface area (Å²) in [4.78, 5) is 0. The second kappa shape index (κ2) is 31.9. The maximum atomic E-state index is 8.17. The smallest absolute Gasteiger partial charge is 0.0698 e. The molecule has 0 aromatic heterocycles. The summed E-state index contributed by atoms with van der Waals surface area (Å²) in [6.45, 7) is 4.81. The van der Waals surface area contributed by atoms with Gasteiger partial charge in [0, 0.05) is 6.61 Å². The van der Waals surface area contributed by atoms with Crippen molar-refractivity contribution in [2.24, 2.45) is 0 Å². The van der Waals surface area contributed by atoms with E-state index in [0.29, 0.717) is 33.0 Å². The molecule has 0 saturated carbocycles. The van der Waals surface area contributed by atoms with Gasteiger partial charge in [-0.05, 0) is 6.42 Å². The van der Waals surface area contributed by atoms with Crippen LogP contribution in [0.1, 0.15) is 13.3 Å². The number of aliphatic hydroxyl groups excluding tert-OH is 5. The molecular weight excluding hydrogens is 284 g/mol. The normalized spacial score (nSPS) is 9.43. The van der Waals surface area contributed by atoms with Crippen LogP contribution in [0.2, 0.25) is 0 Å². The fourth-order valence-electron chi connectivity index (χ4n) is 0.773. The second-order valence-electron chi connectivity index (χ2n) is 3.46. The first-order chi connectivity index (χ1) is 10.2. The average molecular weight is 316 g/mol. The summed E-state index contributed by atoms with van der Waals surface area (Å²) in [6.07, 6.45) is 1.03. The molecule has 0 spiro atoms. The minimum Gasteiger partial charge on any atom is -0.394 e. The van der Waals surface area contributed by atoms with Crippen LogP contribution in [0, 0.1) is 0 Å². The minimum atomic E-state index is 0.0278. The zero-order chi connectivity index (χ0) is 16.6. The van der Waals surface area contributed by atoms with Gasteiger partial charge in [-0.25, -0.2) is 0 Å². The van der Waals surface area contributed by atoms with E-state index < -0.39 is 0 Å². The highest BCUT2D eigenvalue weighted by molar-refractivity contribution is 4.25. The number of hydrogen-bond donors (Lipinski definition) is 5. The molecule has 0 aromatic rings. The molecule has 5 N–H and O–H groups in total. The Hall–Kier alpha value is -0.320. The average Bonchev–Trinajstić information content (AvgIpc) is 2.50. The highest BCUT2D eigenvalue weighted by Gasteiger charge is 1.80. The van der Waals surface area contributed by atoms with E-state index in [1.807, 2.05) is 6.92 Å². The Morgan fingerprint density at radius 2 is 0.714 bits per heavy atom. The van der Waals surface area contributed by atoms with Gasteiger partial charge in [0.1, 0.15) is 0 Å². The van der Waals surface area contributed by atoms with Crippen LogP contribution in [-0.4, -0.2) is 98.2 Å². The van der Waals surface area contributed by atoms with E-state index in [1.165, 1.54) is 0 Å². The molecule has 0 atom stereocenters. The zero-order valence-corrected chi connectivity index (χ0v) is 12.9. The minimum absolute atomic E-state index is 0.0278. The third-order valence-electron chi connectivity index (χ3n) is 1.53. The summed E-state index contributed by atoms with van der Waals surface area (Å²) >= 11 is 0. The third-order valence-corrected chi connectivity index (χ3v) is 1.53. The number of aliphatic hydroxyl groups is 5. The molecule has 0 bridgehead atoms. The Bertz CT molecular complexity index is 102. The summed E-state index contributed by atoms with van der Waals surface area (Å²) in [5.41, 5.74) is 0. The summed E-state index contributed by atoms with van der Waals surface area (Å²) in [7, 11) is 0. The van der Waals surface area contributed by atoms with Gasteiger partial charge in [-0.1, -0.05) is 6.92 Å². The van der Waals surface area contributed by atoms with Crippen molar-refractivity contribution in [1.29, 1.82) is 0 Å². The van der Waals surface area contributed by atoms with Gasteiger partial charge in [0.15, 0.2) is 0 Å². The summed E-state index contributed by atoms with van der Waals surface area (Å²) in [5, 5.41) is 40.5. The van der Waals surface area contributed by atoms with Crippen molar-refractivity contribution in [3.63, 3.8) is 0 Å². The Labute approximate surface area is 126 Å². The topological polar surface area (TPSA) is 129 Å². The van der Waals surface area contributed by atoms with Gasteiger partial charge in [-0.3, -0.25) is 0 Å². The molecule has 0 radical (unpaired) electrons. The van der Waals surface area contributed by atoms with Crippen LogP contribution < -0.4 is 0 Å². The Morgan fingerprint density at radius 1 is 0.476 bits per heavy atom. The number of hydrogen-bond acceptors (Lipinski definition) is 8. The van der Waals surface area contributed by atoms with Gasteiger partial charge in [0.05, 0.1) is 66.1 Å². The molecule has 8 heteroatoms. The molecule has 0 aliphatic rings. The quantitative estimate of drug-likeness (QED) is 0.272. The summed E-state index contributed by atoms with van der Waals surface area (Å²) < 4.78 is 14.1. The number of rotatable bonds is 12. The van der Waals surface area contributed by atoms with Crippen molar-refractivity contribution in [3.05, 3.63) is 0 Å². The molecule has 132 valence electrons. The lowest BCUT2D eigenvalue weighted by molar-refractivity contribution is 0.0649. The predicted octanol–water partition coefficient (Wildman–Crippen LogP) is -1.62. The van der Waals surface area contributed by atoms with Gasteiger partial charge < -0.3 is 39.7 Å². The monoisotopic (exact) mass is 316 g/mol. The maximum Gasteiger partial charge on any atom is 0.0698 e. The third kappa shape index (κ3) is 45.1. The first-order valence-corrected chi connectivity index (χ1v) is 7.02. The maximum absolute atomic E-state index is 8.17. The lowest BCUT2D eigenvalue weighted by Gasteiger charge is -1.94. The molecule has 0 amide bonds. The largest absolute Gasteiger partial charge is 0.394 e. The lowest BCUT2D eigenvalue weighted by Crippen LogP contribution is -2.03. The molecule has 0 aliphatic heterocycles. The van der Waals surface area contributed by atoms with Crippen LogP contribution in [0.4, 0.5) is 0 Å². The van der Waals surface area contributed by atoms with Crippen LogP contribution in [-0.2, 0) is 14.2 Å². The molecule has 0 heterocycles. The van der Waals surface area contributed by atoms with E-state index in [2.05, 4.69) is 9.47 Å². The molecular formula is C13H32O8. The van der Waals surface area contributed by atoms with Crippen LogP contribution in [0.5, 0.6) is 0 Å². The van der Waals surface area contributed by atoms with Crippen molar-refractivity contribution in [2.75, 3.05) is 72.7 Å². The van der Waals surface area contributed by atoms with Gasteiger partial charge in [-0.15, -0.1) is 0 Å². The summed E-state index contributed by atoms with van der Waals surface area (Å²) in [6, 6.07) is 0. The lowest BCUT2D eigenvalue weighted by atomic mass is 10.5. The molecule has 0 rings (SSSR count). The second-order valence-corrected chi connectivity index (χ2v) is 3.46. The van der Waals surface area contributed by atoms with Gasteiger partial charge in [0.2, 0.25) is 0 Å². The highest BCUT2D eigenvalue weighted by atomic mass is 16.5. The SMILES string of the molecule is CCCOCCO.OCCOCCO.OCCOCCO. The van der Waals surface area contributed by atoms with E-state index in [1.54, 1.807) is 0 Å². The molecule has 0 saturated heterocycles. The predicted molar refractivity (Wildman–Crippen MR) is 78.2 cm³/mol. The Morgan fingerprint density at radius 3 is 0.905 bits per heavy atom. The standard InChI is InChI=1S/C5H12O2.2C4H10O3/c1-2-4-7-5-3-6;2*5-1-3-7-4-2-6/h6H,2-5H2,1H3;2*5-6H,1-4H2. The van der Waals surface area contributed by atoms with Gasteiger partial charge in [-0.2, -0.15) is 0 Å². The van der Waals surface area contributed by atoms with Crippen molar-refractivity contribution in [2.45, 2.75) is 13.3 Å². The fraction of sp³-hybridized carbons (Fsp3) is 1.00. The van der Waals surface area contributed by atoms with E-state index in [9.17, 15) is 0 Å². The van der Waals surface area contributed by atoms with Crippen molar-refractivity contribution in [1.82, 2.24) is 0 Å². The zero-order valence-electron chi connectivity index (χ0n) is 12.9. The first kappa shape index (κ1) is 25.6. The van der Waals surface area contributed by atoms with Gasteiger partial charge >= 0.3 is 0 Å². The van der Waals surface area contributed by atoms with Crippen molar-refractivity contribution < 1.29 is 39.7 Å². The van der Waals surface area contributed by atoms with E-state index in [-0.39, 0.29) is 33.0 Å². The molecule has 21 heavy (non-hydrogen) atoms. The molecule has 0 unspecified atom stereocenters. The summed E-state index contributed by atoms with van der Waals surface area (Å²) in [5.74, 6) is 0. The van der Waals surface area contributed by atoms with E-state index in [0.717, 1.165) is 13.0 Å². The highest BCUT2D eigenvalue weighted by Crippen LogP contribution is 1.76. The van der Waals surface area contributed by atoms with Crippen LogP contribution in [0.25, 0.3) is 0 Å². The number of ether oxygens (including phenoxy) is 3. The van der Waals surface area contributed by atoms with Gasteiger partial charge in [0.25, 0.3) is 0 Å². The van der Waals surface area contributed by atoms with Crippen LogP contribution >= 0.6 is 0 Å².